The third kappa shape index (κ3) is 3.83. The summed E-state index contributed by atoms with van der Waals surface area (Å²) in [5, 5.41) is 0. The number of sulfonamides is 1. The molecule has 0 unspecified atom stereocenters. The first-order chi connectivity index (χ1) is 13.9. The highest BCUT2D eigenvalue weighted by Crippen LogP contribution is 2.35. The molecule has 0 spiro atoms. The molecule has 0 saturated heterocycles. The van der Waals surface area contributed by atoms with Gasteiger partial charge in [0.1, 0.15) is 5.75 Å². The van der Waals surface area contributed by atoms with Crippen LogP contribution in [-0.2, 0) is 21.2 Å². The number of nitrogens with one attached hydrogen (secondary N) is 1. The van der Waals surface area contributed by atoms with Crippen LogP contribution in [0.1, 0.15) is 36.8 Å². The van der Waals surface area contributed by atoms with E-state index >= 15 is 0 Å². The van der Waals surface area contributed by atoms with Crippen molar-refractivity contribution in [1.29, 1.82) is 0 Å². The fourth-order valence-electron chi connectivity index (χ4n) is 4.33. The molecule has 1 N–H and O–H groups in total. The molecule has 2 aromatic carbocycles. The molecular formula is C22H26N2O4S. The number of carbonyl (C=O) groups is 1. The van der Waals surface area contributed by atoms with Gasteiger partial charge >= 0.3 is 0 Å². The number of nitrogens with zero attached hydrogens (tertiary/aromatic N) is 1. The monoisotopic (exact) mass is 414 g/mol. The fraction of sp³-hybridized carbons (Fsp3) is 0.409. The first kappa shape index (κ1) is 19.8. The topological polar surface area (TPSA) is 75.7 Å². The molecule has 7 heteroatoms. The summed E-state index contributed by atoms with van der Waals surface area (Å²) in [7, 11) is -2.20. The number of amides is 1. The van der Waals surface area contributed by atoms with Crippen molar-refractivity contribution < 1.29 is 17.9 Å². The van der Waals surface area contributed by atoms with Crippen molar-refractivity contribution in [2.75, 3.05) is 23.3 Å². The predicted molar refractivity (Wildman–Crippen MR) is 113 cm³/mol. The standard InChI is InChI=1S/C22H26N2O4S/c1-15-13-19(28-2)9-10-21(15)29(26,27)23-18-8-7-16-11-12-24(20(16)14-18)22(25)17-5-3-4-6-17/h7-10,13-14,17,23H,3-6,11-12H2,1-2H3. The van der Waals surface area contributed by atoms with Crippen molar-refractivity contribution in [2.45, 2.75) is 43.9 Å². The zero-order valence-electron chi connectivity index (χ0n) is 16.8. The van der Waals surface area contributed by atoms with Crippen molar-refractivity contribution in [3.8, 4) is 5.75 Å². The molecular weight excluding hydrogens is 388 g/mol. The Hall–Kier alpha value is -2.54. The van der Waals surface area contributed by atoms with Gasteiger partial charge in [-0.3, -0.25) is 9.52 Å². The quantitative estimate of drug-likeness (QED) is 0.806. The molecule has 1 aliphatic carbocycles. The Morgan fingerprint density at radius 1 is 1.14 bits per heavy atom. The van der Waals surface area contributed by atoms with E-state index in [1.807, 2.05) is 11.0 Å². The van der Waals surface area contributed by atoms with Gasteiger partial charge in [0.05, 0.1) is 17.7 Å². The van der Waals surface area contributed by atoms with Gasteiger partial charge in [-0.15, -0.1) is 0 Å². The zero-order chi connectivity index (χ0) is 20.6. The molecule has 2 aromatic rings. The van der Waals surface area contributed by atoms with Crippen LogP contribution in [-0.4, -0.2) is 28.0 Å². The fourth-order valence-corrected chi connectivity index (χ4v) is 5.60. The molecule has 1 heterocycles. The first-order valence-electron chi connectivity index (χ1n) is 10.0. The van der Waals surface area contributed by atoms with Crippen molar-refractivity contribution in [3.63, 3.8) is 0 Å². The second-order valence-corrected chi connectivity index (χ2v) is 9.45. The number of ether oxygens (including phenoxy) is 1. The number of anilines is 2. The van der Waals surface area contributed by atoms with Crippen molar-refractivity contribution >= 4 is 27.3 Å². The lowest BCUT2D eigenvalue weighted by atomic mass is 10.1. The van der Waals surface area contributed by atoms with Crippen LogP contribution in [0.15, 0.2) is 41.3 Å². The molecule has 0 bridgehead atoms. The van der Waals surface area contributed by atoms with E-state index < -0.39 is 10.0 Å². The van der Waals surface area contributed by atoms with Gasteiger partial charge in [-0.25, -0.2) is 8.42 Å². The Morgan fingerprint density at radius 3 is 2.59 bits per heavy atom. The molecule has 1 fully saturated rings. The molecule has 1 saturated carbocycles. The Kier molecular flexibility index (Phi) is 5.25. The summed E-state index contributed by atoms with van der Waals surface area (Å²) in [4.78, 5) is 15.0. The van der Waals surface area contributed by atoms with Gasteiger partial charge in [0.2, 0.25) is 5.91 Å². The third-order valence-electron chi connectivity index (χ3n) is 5.88. The van der Waals surface area contributed by atoms with E-state index in [0.717, 1.165) is 43.4 Å². The maximum Gasteiger partial charge on any atom is 0.262 e. The van der Waals surface area contributed by atoms with Gasteiger partial charge in [-0.1, -0.05) is 18.9 Å². The summed E-state index contributed by atoms with van der Waals surface area (Å²) < 4.78 is 33.6. The molecule has 0 atom stereocenters. The molecule has 29 heavy (non-hydrogen) atoms. The van der Waals surface area contributed by atoms with Crippen LogP contribution in [0.25, 0.3) is 0 Å². The van der Waals surface area contributed by atoms with Crippen molar-refractivity contribution in [2.24, 2.45) is 5.92 Å². The number of carbonyl (C=O) groups excluding carboxylic acids is 1. The van der Waals surface area contributed by atoms with E-state index in [0.29, 0.717) is 23.5 Å². The highest BCUT2D eigenvalue weighted by molar-refractivity contribution is 7.92. The van der Waals surface area contributed by atoms with E-state index in [1.54, 1.807) is 44.4 Å². The van der Waals surface area contributed by atoms with Gasteiger partial charge in [-0.05, 0) is 67.6 Å². The number of fused-ring (bicyclic) bond motifs is 1. The molecule has 0 radical (unpaired) electrons. The number of aryl methyl sites for hydroxylation is 1. The van der Waals surface area contributed by atoms with Crippen LogP contribution >= 0.6 is 0 Å². The summed E-state index contributed by atoms with van der Waals surface area (Å²) >= 11 is 0. The van der Waals surface area contributed by atoms with Crippen molar-refractivity contribution in [3.05, 3.63) is 47.5 Å². The lowest BCUT2D eigenvalue weighted by molar-refractivity contribution is -0.122. The largest absolute Gasteiger partial charge is 0.497 e. The Labute approximate surface area is 171 Å². The highest BCUT2D eigenvalue weighted by atomic mass is 32.2. The summed E-state index contributed by atoms with van der Waals surface area (Å²) in [6.07, 6.45) is 4.93. The summed E-state index contributed by atoms with van der Waals surface area (Å²) in [5.41, 5.74) is 2.98. The number of hydrogen-bond acceptors (Lipinski definition) is 4. The maximum absolute atomic E-state index is 12.9. The molecule has 1 aliphatic heterocycles. The van der Waals surface area contributed by atoms with Crippen LogP contribution in [0, 0.1) is 12.8 Å². The minimum Gasteiger partial charge on any atom is -0.497 e. The number of methoxy groups -OCH3 is 1. The molecule has 2 aliphatic rings. The second kappa shape index (κ2) is 7.71. The Balaban J connectivity index is 1.59. The smallest absolute Gasteiger partial charge is 0.262 e. The Bertz CT molecular complexity index is 1040. The lowest BCUT2D eigenvalue weighted by Gasteiger charge is -2.22. The maximum atomic E-state index is 12.9. The minimum atomic E-state index is -3.75. The predicted octanol–water partition coefficient (Wildman–Crippen LogP) is 3.88. The van der Waals surface area contributed by atoms with E-state index in [9.17, 15) is 13.2 Å². The highest BCUT2D eigenvalue weighted by Gasteiger charge is 2.32. The van der Waals surface area contributed by atoms with Gasteiger partial charge in [-0.2, -0.15) is 0 Å². The van der Waals surface area contributed by atoms with E-state index in [2.05, 4.69) is 4.72 Å². The number of benzene rings is 2. The summed E-state index contributed by atoms with van der Waals surface area (Å²) in [5.74, 6) is 0.885. The van der Waals surface area contributed by atoms with Crippen LogP contribution in [0.4, 0.5) is 11.4 Å². The average Bonchev–Trinajstić information content (AvgIpc) is 3.36. The number of hydrogen-bond donors (Lipinski definition) is 1. The van der Waals surface area contributed by atoms with E-state index in [1.165, 1.54) is 0 Å². The lowest BCUT2D eigenvalue weighted by Crippen LogP contribution is -2.33. The molecule has 4 rings (SSSR count). The second-order valence-electron chi connectivity index (χ2n) is 7.80. The molecule has 154 valence electrons. The minimum absolute atomic E-state index is 0.100. The average molecular weight is 415 g/mol. The van der Waals surface area contributed by atoms with Gasteiger partial charge in [0.15, 0.2) is 0 Å². The number of rotatable bonds is 5. The van der Waals surface area contributed by atoms with Crippen LogP contribution in [0.5, 0.6) is 5.75 Å². The SMILES string of the molecule is COc1ccc(S(=O)(=O)Nc2ccc3c(c2)N(C(=O)C2CCCC2)CC3)c(C)c1. The van der Waals surface area contributed by atoms with E-state index in [4.69, 9.17) is 4.74 Å². The van der Waals surface area contributed by atoms with Gasteiger partial charge in [0.25, 0.3) is 10.0 Å². The normalized spacial score (nSPS) is 16.7. The van der Waals surface area contributed by atoms with Crippen molar-refractivity contribution in [1.82, 2.24) is 0 Å². The summed E-state index contributed by atoms with van der Waals surface area (Å²) in [6, 6.07) is 10.3. The molecule has 6 nitrogen and oxygen atoms in total. The Morgan fingerprint density at radius 2 is 1.90 bits per heavy atom. The van der Waals surface area contributed by atoms with Crippen LogP contribution in [0.3, 0.4) is 0 Å². The van der Waals surface area contributed by atoms with Gasteiger partial charge < -0.3 is 9.64 Å². The van der Waals surface area contributed by atoms with Gasteiger partial charge in [0, 0.05) is 18.2 Å². The van der Waals surface area contributed by atoms with Crippen LogP contribution < -0.4 is 14.4 Å². The zero-order valence-corrected chi connectivity index (χ0v) is 17.6. The van der Waals surface area contributed by atoms with E-state index in [-0.39, 0.29) is 16.7 Å². The third-order valence-corrected chi connectivity index (χ3v) is 7.42. The molecule has 1 amide bonds. The van der Waals surface area contributed by atoms with Crippen LogP contribution in [0.2, 0.25) is 0 Å². The first-order valence-corrected chi connectivity index (χ1v) is 11.5. The molecule has 0 aromatic heterocycles. The summed E-state index contributed by atoms with van der Waals surface area (Å²) in [6.45, 7) is 2.40.